The first kappa shape index (κ1) is 16.5. The topological polar surface area (TPSA) is 18.5 Å². The lowest BCUT2D eigenvalue weighted by Crippen LogP contribution is -2.02. The van der Waals surface area contributed by atoms with E-state index in [-0.39, 0.29) is 0 Å². The highest BCUT2D eigenvalue weighted by atomic mass is 16.7. The Morgan fingerprint density at radius 2 is 1.41 bits per heavy atom. The Hall–Kier alpha value is -0.520. The van der Waals surface area contributed by atoms with Gasteiger partial charge in [-0.2, -0.15) is 0 Å². The van der Waals surface area contributed by atoms with Gasteiger partial charge in [-0.15, -0.1) is 12.3 Å². The maximum atomic E-state index is 5.35. The molecular weight excluding hydrogens is 212 g/mol. The Kier molecular flexibility index (Phi) is 15.0. The zero-order valence-electron chi connectivity index (χ0n) is 11.4. The van der Waals surface area contributed by atoms with E-state index in [1.165, 1.54) is 38.5 Å². The maximum absolute atomic E-state index is 5.35. The molecule has 0 unspecified atom stereocenters. The highest BCUT2D eigenvalue weighted by Crippen LogP contribution is 2.08. The van der Waals surface area contributed by atoms with E-state index in [2.05, 4.69) is 12.8 Å². The van der Waals surface area contributed by atoms with Crippen LogP contribution in [0.25, 0.3) is 0 Å². The van der Waals surface area contributed by atoms with Gasteiger partial charge in [0.2, 0.25) is 0 Å². The van der Waals surface area contributed by atoms with Gasteiger partial charge in [0, 0.05) is 19.6 Å². The van der Waals surface area contributed by atoms with Crippen molar-refractivity contribution in [2.45, 2.75) is 64.7 Å². The molecule has 0 aromatic heterocycles. The molecule has 0 radical (unpaired) electrons. The predicted molar refractivity (Wildman–Crippen MR) is 72.8 cm³/mol. The molecule has 0 heterocycles. The van der Waals surface area contributed by atoms with E-state index in [9.17, 15) is 0 Å². The lowest BCUT2D eigenvalue weighted by Gasteiger charge is -2.04. The molecule has 17 heavy (non-hydrogen) atoms. The average Bonchev–Trinajstić information content (AvgIpc) is 2.35. The number of hydrogen-bond acceptors (Lipinski definition) is 2. The molecule has 0 aromatic carbocycles. The molecule has 0 aromatic rings. The fourth-order valence-corrected chi connectivity index (χ4v) is 1.64. The number of unbranched alkanes of at least 4 members (excludes halogenated alkanes) is 7. The number of rotatable bonds is 13. The van der Waals surface area contributed by atoms with Crippen molar-refractivity contribution in [3.05, 3.63) is 0 Å². The molecule has 100 valence electrons. The lowest BCUT2D eigenvalue weighted by molar-refractivity contribution is -0.0543. The van der Waals surface area contributed by atoms with Crippen molar-refractivity contribution in [2.24, 2.45) is 0 Å². The summed E-state index contributed by atoms with van der Waals surface area (Å²) in [6, 6.07) is 0. The summed E-state index contributed by atoms with van der Waals surface area (Å²) in [6.07, 6.45) is 16.0. The van der Waals surface area contributed by atoms with Gasteiger partial charge in [-0.3, -0.25) is 0 Å². The molecule has 0 aliphatic heterocycles. The largest absolute Gasteiger partial charge is 0.355 e. The van der Waals surface area contributed by atoms with Crippen molar-refractivity contribution in [3.63, 3.8) is 0 Å². The van der Waals surface area contributed by atoms with E-state index in [4.69, 9.17) is 15.9 Å². The maximum Gasteiger partial charge on any atom is 0.146 e. The molecule has 2 heteroatoms. The van der Waals surface area contributed by atoms with Crippen LogP contribution in [0.4, 0.5) is 0 Å². The summed E-state index contributed by atoms with van der Waals surface area (Å²) < 4.78 is 10.6. The van der Waals surface area contributed by atoms with Crippen LogP contribution in [0.15, 0.2) is 0 Å². The van der Waals surface area contributed by atoms with Crippen molar-refractivity contribution in [1.29, 1.82) is 0 Å². The minimum absolute atomic E-state index is 0.458. The quantitative estimate of drug-likeness (QED) is 0.274. The van der Waals surface area contributed by atoms with Gasteiger partial charge in [0.15, 0.2) is 0 Å². The smallest absolute Gasteiger partial charge is 0.146 e. The van der Waals surface area contributed by atoms with Crippen molar-refractivity contribution < 1.29 is 9.47 Å². The Balaban J connectivity index is 2.87. The van der Waals surface area contributed by atoms with Gasteiger partial charge in [0.1, 0.15) is 6.79 Å². The predicted octanol–water partition coefficient (Wildman–Crippen LogP) is 4.14. The van der Waals surface area contributed by atoms with E-state index < -0.39 is 0 Å². The van der Waals surface area contributed by atoms with Gasteiger partial charge in [0.05, 0.1) is 0 Å². The van der Waals surface area contributed by atoms with E-state index in [1.807, 2.05) is 0 Å². The fraction of sp³-hybridized carbons (Fsp3) is 0.867. The van der Waals surface area contributed by atoms with Gasteiger partial charge in [-0.1, -0.05) is 39.0 Å². The third-order valence-corrected chi connectivity index (χ3v) is 2.62. The van der Waals surface area contributed by atoms with E-state index >= 15 is 0 Å². The van der Waals surface area contributed by atoms with E-state index in [0.29, 0.717) is 6.79 Å². The average molecular weight is 240 g/mol. The zero-order valence-corrected chi connectivity index (χ0v) is 11.4. The van der Waals surface area contributed by atoms with Crippen LogP contribution in [-0.2, 0) is 9.47 Å². The first-order chi connectivity index (χ1) is 8.41. The van der Waals surface area contributed by atoms with Crippen LogP contribution in [0.2, 0.25) is 0 Å². The van der Waals surface area contributed by atoms with Crippen molar-refractivity contribution in [3.8, 4) is 12.3 Å². The minimum Gasteiger partial charge on any atom is -0.355 e. The fourth-order valence-electron chi connectivity index (χ4n) is 1.64. The van der Waals surface area contributed by atoms with Crippen molar-refractivity contribution in [2.75, 3.05) is 20.0 Å². The number of terminal acetylenes is 1. The Labute approximate surface area is 107 Å². The van der Waals surface area contributed by atoms with Gasteiger partial charge in [0.25, 0.3) is 0 Å². The molecule has 0 spiro atoms. The van der Waals surface area contributed by atoms with Crippen LogP contribution in [0, 0.1) is 12.3 Å². The summed E-state index contributed by atoms with van der Waals surface area (Å²) in [6.45, 7) is 4.20. The third-order valence-electron chi connectivity index (χ3n) is 2.62. The Morgan fingerprint density at radius 3 is 2.06 bits per heavy atom. The molecule has 0 aliphatic rings. The summed E-state index contributed by atoms with van der Waals surface area (Å²) in [7, 11) is 0. The summed E-state index contributed by atoms with van der Waals surface area (Å²) >= 11 is 0. The SMILES string of the molecule is C#CCCCCCCCCCOCOCCC. The molecule has 0 rings (SSSR count). The minimum atomic E-state index is 0.458. The molecule has 0 atom stereocenters. The molecule has 0 N–H and O–H groups in total. The van der Waals surface area contributed by atoms with Crippen LogP contribution >= 0.6 is 0 Å². The number of ether oxygens (including phenoxy) is 2. The summed E-state index contributed by atoms with van der Waals surface area (Å²) in [4.78, 5) is 0. The van der Waals surface area contributed by atoms with Crippen LogP contribution in [0.3, 0.4) is 0 Å². The van der Waals surface area contributed by atoms with Crippen LogP contribution < -0.4 is 0 Å². The molecule has 2 nitrogen and oxygen atoms in total. The van der Waals surface area contributed by atoms with Crippen LogP contribution in [-0.4, -0.2) is 20.0 Å². The zero-order chi connectivity index (χ0) is 12.6. The second-order valence-corrected chi connectivity index (χ2v) is 4.36. The second kappa shape index (κ2) is 15.5. The third kappa shape index (κ3) is 15.5. The monoisotopic (exact) mass is 240 g/mol. The molecular formula is C15H28O2. The molecule has 0 saturated carbocycles. The second-order valence-electron chi connectivity index (χ2n) is 4.36. The molecule has 0 fully saturated rings. The van der Waals surface area contributed by atoms with Crippen molar-refractivity contribution in [1.82, 2.24) is 0 Å². The highest BCUT2D eigenvalue weighted by molar-refractivity contribution is 4.82. The summed E-state index contributed by atoms with van der Waals surface area (Å²) in [5, 5.41) is 0. The molecule has 0 aliphatic carbocycles. The first-order valence-electron chi connectivity index (χ1n) is 7.00. The van der Waals surface area contributed by atoms with Crippen LogP contribution in [0.1, 0.15) is 64.7 Å². The van der Waals surface area contributed by atoms with Gasteiger partial charge < -0.3 is 9.47 Å². The summed E-state index contributed by atoms with van der Waals surface area (Å²) in [5.41, 5.74) is 0. The van der Waals surface area contributed by atoms with Gasteiger partial charge in [-0.05, 0) is 19.3 Å². The van der Waals surface area contributed by atoms with E-state index in [1.54, 1.807) is 0 Å². The summed E-state index contributed by atoms with van der Waals surface area (Å²) in [5.74, 6) is 2.68. The standard InChI is InChI=1S/C15H28O2/c1-3-5-6-7-8-9-10-11-12-14-17-15-16-13-4-2/h1H,4-15H2,2H3. The normalized spacial score (nSPS) is 10.4. The molecule has 0 bridgehead atoms. The number of hydrogen-bond donors (Lipinski definition) is 0. The van der Waals surface area contributed by atoms with Gasteiger partial charge in [-0.25, -0.2) is 0 Å². The first-order valence-corrected chi connectivity index (χ1v) is 7.00. The highest BCUT2D eigenvalue weighted by Gasteiger charge is 1.92. The Morgan fingerprint density at radius 1 is 0.824 bits per heavy atom. The van der Waals surface area contributed by atoms with Gasteiger partial charge >= 0.3 is 0 Å². The lowest BCUT2D eigenvalue weighted by atomic mass is 10.1. The molecule has 0 amide bonds. The van der Waals surface area contributed by atoms with E-state index in [0.717, 1.165) is 32.5 Å². The van der Waals surface area contributed by atoms with Crippen LogP contribution in [0.5, 0.6) is 0 Å². The molecule has 0 saturated heterocycles. The Bertz CT molecular complexity index is 172. The van der Waals surface area contributed by atoms with Crippen molar-refractivity contribution >= 4 is 0 Å².